The predicted octanol–water partition coefficient (Wildman–Crippen LogP) is 0.0765. The highest BCUT2D eigenvalue weighted by Gasteiger charge is 2.35. The van der Waals surface area contributed by atoms with Gasteiger partial charge in [-0.3, -0.25) is 4.79 Å². The summed E-state index contributed by atoms with van der Waals surface area (Å²) in [6.45, 7) is 0. The van der Waals surface area contributed by atoms with Crippen molar-refractivity contribution in [1.82, 2.24) is 9.97 Å². The molecule has 0 aromatic carbocycles. The van der Waals surface area contributed by atoms with E-state index >= 15 is 0 Å². The van der Waals surface area contributed by atoms with Gasteiger partial charge in [0.15, 0.2) is 5.69 Å². The topological polar surface area (TPSA) is 92.0 Å². The van der Waals surface area contributed by atoms with Crippen molar-refractivity contribution in [2.24, 2.45) is 0 Å². The van der Waals surface area contributed by atoms with E-state index < -0.39 is 29.1 Å². The smallest absolute Gasteiger partial charge is 0.449 e. The molecule has 1 heterocycles. The number of aromatic nitrogens is 2. The molecule has 1 rings (SSSR count). The Morgan fingerprint density at radius 2 is 2.00 bits per heavy atom. The summed E-state index contributed by atoms with van der Waals surface area (Å²) >= 11 is 0. The molecule has 4 N–H and O–H groups in total. The van der Waals surface area contributed by atoms with Crippen molar-refractivity contribution >= 4 is 5.69 Å². The zero-order valence-corrected chi connectivity index (χ0v) is 6.01. The quantitative estimate of drug-likeness (QED) is 0.546. The average Bonchev–Trinajstić information content (AvgIpc) is 1.97. The maximum Gasteiger partial charge on any atom is 0.449 e. The first kappa shape index (κ1) is 9.36. The molecule has 0 aliphatic carbocycles. The number of halogens is 3. The Hall–Kier alpha value is -1.73. The molecule has 0 radical (unpaired) electrons. The Kier molecular flexibility index (Phi) is 1.90. The number of anilines is 1. The Bertz CT molecular complexity index is 384. The molecule has 1 aromatic rings. The maximum atomic E-state index is 11.9. The summed E-state index contributed by atoms with van der Waals surface area (Å²) in [6, 6.07) is 0. The molecule has 0 saturated heterocycles. The molecular weight excluding hydrogens is 191 g/mol. The number of aromatic hydroxyl groups is 1. The molecule has 0 aliphatic rings. The van der Waals surface area contributed by atoms with Crippen LogP contribution >= 0.6 is 0 Å². The number of nitrogen functional groups attached to an aromatic ring is 1. The van der Waals surface area contributed by atoms with Crippen LogP contribution in [0.2, 0.25) is 0 Å². The Labute approximate surface area is 69.0 Å². The monoisotopic (exact) mass is 195 g/mol. The molecule has 0 atom stereocenters. The minimum atomic E-state index is -4.82. The summed E-state index contributed by atoms with van der Waals surface area (Å²) in [5, 5.41) is 8.69. The first-order chi connectivity index (χ1) is 5.82. The molecule has 0 unspecified atom stereocenters. The van der Waals surface area contributed by atoms with E-state index in [1.807, 2.05) is 0 Å². The van der Waals surface area contributed by atoms with Crippen molar-refractivity contribution in [3.8, 4) is 5.88 Å². The lowest BCUT2D eigenvalue weighted by molar-refractivity contribution is -0.145. The van der Waals surface area contributed by atoms with Gasteiger partial charge in [-0.15, -0.1) is 0 Å². The summed E-state index contributed by atoms with van der Waals surface area (Å²) in [5.41, 5.74) is 2.91. The van der Waals surface area contributed by atoms with E-state index in [1.54, 1.807) is 0 Å². The number of rotatable bonds is 0. The van der Waals surface area contributed by atoms with E-state index in [0.717, 1.165) is 0 Å². The highest BCUT2D eigenvalue weighted by Crippen LogP contribution is 2.26. The molecule has 8 heteroatoms. The Morgan fingerprint density at radius 1 is 1.46 bits per heavy atom. The van der Waals surface area contributed by atoms with Crippen LogP contribution in [0.25, 0.3) is 0 Å². The van der Waals surface area contributed by atoms with Gasteiger partial charge in [-0.25, -0.2) is 0 Å². The van der Waals surface area contributed by atoms with Gasteiger partial charge >= 0.3 is 6.18 Å². The summed E-state index contributed by atoms with van der Waals surface area (Å²) in [5.74, 6) is -2.71. The lowest BCUT2D eigenvalue weighted by atomic mass is 10.5. The van der Waals surface area contributed by atoms with E-state index in [2.05, 4.69) is 4.98 Å². The molecule has 1 aromatic heterocycles. The third-order valence-electron chi connectivity index (χ3n) is 1.20. The number of hydrogen-bond donors (Lipinski definition) is 3. The maximum absolute atomic E-state index is 11.9. The van der Waals surface area contributed by atoms with Crippen molar-refractivity contribution in [2.75, 3.05) is 5.73 Å². The van der Waals surface area contributed by atoms with E-state index in [4.69, 9.17) is 10.8 Å². The van der Waals surface area contributed by atoms with Crippen LogP contribution in [0.5, 0.6) is 5.88 Å². The van der Waals surface area contributed by atoms with E-state index in [9.17, 15) is 18.0 Å². The number of H-pyrrole nitrogens is 1. The van der Waals surface area contributed by atoms with Crippen LogP contribution in [0.1, 0.15) is 5.82 Å². The van der Waals surface area contributed by atoms with E-state index in [1.165, 1.54) is 4.98 Å². The average molecular weight is 195 g/mol. The van der Waals surface area contributed by atoms with Gasteiger partial charge in [0.2, 0.25) is 11.7 Å². The standard InChI is InChI=1S/C5H4F3N3O2/c6-5(7,8)4-10-2(12)1(9)3(13)11-4/h9H2,(H2,10,11,12,13). The molecule has 5 nitrogen and oxygen atoms in total. The molecule has 0 spiro atoms. The van der Waals surface area contributed by atoms with Crippen LogP contribution < -0.4 is 11.3 Å². The lowest BCUT2D eigenvalue weighted by Gasteiger charge is -2.05. The Balaban J connectivity index is 3.38. The van der Waals surface area contributed by atoms with Crippen LogP contribution in [-0.4, -0.2) is 15.1 Å². The van der Waals surface area contributed by atoms with Gasteiger partial charge in [-0.2, -0.15) is 18.2 Å². The number of nitrogens with zero attached hydrogens (tertiary/aromatic N) is 1. The number of aromatic amines is 1. The summed E-state index contributed by atoms with van der Waals surface area (Å²) in [6.07, 6.45) is -4.82. The Morgan fingerprint density at radius 3 is 2.38 bits per heavy atom. The first-order valence-corrected chi connectivity index (χ1v) is 2.98. The third-order valence-corrected chi connectivity index (χ3v) is 1.20. The fourth-order valence-corrected chi connectivity index (χ4v) is 0.605. The fraction of sp³-hybridized carbons (Fsp3) is 0.200. The van der Waals surface area contributed by atoms with Crippen LogP contribution in [0.3, 0.4) is 0 Å². The number of hydrogen-bond acceptors (Lipinski definition) is 4. The molecule has 0 aliphatic heterocycles. The largest absolute Gasteiger partial charge is 0.492 e. The van der Waals surface area contributed by atoms with Crippen LogP contribution in [0.15, 0.2) is 4.79 Å². The van der Waals surface area contributed by atoms with Crippen molar-refractivity contribution in [3.05, 3.63) is 16.2 Å². The zero-order chi connectivity index (χ0) is 10.2. The minimum Gasteiger partial charge on any atom is -0.492 e. The lowest BCUT2D eigenvalue weighted by Crippen LogP contribution is -2.21. The van der Waals surface area contributed by atoms with Crippen molar-refractivity contribution in [1.29, 1.82) is 0 Å². The van der Waals surface area contributed by atoms with Gasteiger partial charge < -0.3 is 15.8 Å². The van der Waals surface area contributed by atoms with Crippen molar-refractivity contribution < 1.29 is 18.3 Å². The van der Waals surface area contributed by atoms with Gasteiger partial charge in [0.05, 0.1) is 0 Å². The number of nitrogens with two attached hydrogens (primary N) is 1. The number of nitrogens with one attached hydrogen (secondary N) is 1. The summed E-state index contributed by atoms with van der Waals surface area (Å²) < 4.78 is 35.7. The number of alkyl halides is 3. The van der Waals surface area contributed by atoms with Crippen molar-refractivity contribution in [3.63, 3.8) is 0 Å². The molecule has 0 fully saturated rings. The highest BCUT2D eigenvalue weighted by atomic mass is 19.4. The van der Waals surface area contributed by atoms with Gasteiger partial charge in [0.25, 0.3) is 5.56 Å². The summed E-state index contributed by atoms with van der Waals surface area (Å²) in [7, 11) is 0. The van der Waals surface area contributed by atoms with Gasteiger partial charge in [0.1, 0.15) is 0 Å². The second-order valence-electron chi connectivity index (χ2n) is 2.15. The molecular formula is C5H4F3N3O2. The van der Waals surface area contributed by atoms with Crippen molar-refractivity contribution in [2.45, 2.75) is 6.18 Å². The van der Waals surface area contributed by atoms with Gasteiger partial charge in [-0.1, -0.05) is 0 Å². The molecule has 13 heavy (non-hydrogen) atoms. The molecule has 0 bridgehead atoms. The summed E-state index contributed by atoms with van der Waals surface area (Å²) in [4.78, 5) is 14.7. The predicted molar refractivity (Wildman–Crippen MR) is 35.9 cm³/mol. The molecule has 72 valence electrons. The highest BCUT2D eigenvalue weighted by molar-refractivity contribution is 5.44. The van der Waals surface area contributed by atoms with Crippen LogP contribution in [-0.2, 0) is 6.18 Å². The van der Waals surface area contributed by atoms with Gasteiger partial charge in [-0.05, 0) is 0 Å². The minimum absolute atomic E-state index is 0.743. The second kappa shape index (κ2) is 2.64. The fourth-order valence-electron chi connectivity index (χ4n) is 0.605. The van der Waals surface area contributed by atoms with Crippen LogP contribution in [0.4, 0.5) is 18.9 Å². The van der Waals surface area contributed by atoms with Gasteiger partial charge in [0, 0.05) is 0 Å². The molecule has 0 saturated carbocycles. The SMILES string of the molecule is Nc1c(O)nc(C(F)(F)F)[nH]c1=O. The zero-order valence-electron chi connectivity index (χ0n) is 6.01. The first-order valence-electron chi connectivity index (χ1n) is 2.98. The van der Waals surface area contributed by atoms with Crippen LogP contribution in [0, 0.1) is 0 Å². The third kappa shape index (κ3) is 1.71. The van der Waals surface area contributed by atoms with E-state index in [0.29, 0.717) is 0 Å². The second-order valence-corrected chi connectivity index (χ2v) is 2.15. The van der Waals surface area contributed by atoms with E-state index in [-0.39, 0.29) is 0 Å². The molecule has 0 amide bonds. The normalized spacial score (nSPS) is 11.6.